The summed E-state index contributed by atoms with van der Waals surface area (Å²) in [6, 6.07) is 6.01. The lowest BCUT2D eigenvalue weighted by Crippen LogP contribution is -2.17. The first-order chi connectivity index (χ1) is 13.9. The molecule has 0 saturated heterocycles. The highest BCUT2D eigenvalue weighted by molar-refractivity contribution is 7.99. The number of nitrogens with zero attached hydrogens (tertiary/aromatic N) is 1. The van der Waals surface area contributed by atoms with E-state index in [9.17, 15) is 9.59 Å². The number of carbonyl (C=O) groups is 2. The summed E-state index contributed by atoms with van der Waals surface area (Å²) in [5.74, 6) is 0.247. The van der Waals surface area contributed by atoms with Gasteiger partial charge in [-0.2, -0.15) is 0 Å². The molecule has 0 fully saturated rings. The monoisotopic (exact) mass is 429 g/mol. The molecule has 0 aliphatic heterocycles. The summed E-state index contributed by atoms with van der Waals surface area (Å²) in [5.41, 5.74) is 4.56. The van der Waals surface area contributed by atoms with Gasteiger partial charge >= 0.3 is 5.97 Å². The fraction of sp³-hybridized carbons (Fsp3) is 0.381. The summed E-state index contributed by atoms with van der Waals surface area (Å²) in [5, 5.41) is 4.23. The first-order valence-corrected chi connectivity index (χ1v) is 11.4. The lowest BCUT2D eigenvalue weighted by atomic mass is 9.88. The summed E-state index contributed by atoms with van der Waals surface area (Å²) in [4.78, 5) is 33.9. The first kappa shape index (κ1) is 20.0. The lowest BCUT2D eigenvalue weighted by molar-refractivity contribution is -0.113. The molecule has 152 valence electrons. The quantitative estimate of drug-likeness (QED) is 0.458. The number of aromatic nitrogens is 2. The van der Waals surface area contributed by atoms with E-state index in [0.29, 0.717) is 21.6 Å². The molecule has 2 N–H and O–H groups in total. The van der Waals surface area contributed by atoms with E-state index < -0.39 is 0 Å². The van der Waals surface area contributed by atoms with Crippen molar-refractivity contribution in [2.75, 3.05) is 18.2 Å². The van der Waals surface area contributed by atoms with Gasteiger partial charge in [-0.3, -0.25) is 4.79 Å². The van der Waals surface area contributed by atoms with E-state index in [1.54, 1.807) is 0 Å². The third-order valence-electron chi connectivity index (χ3n) is 5.11. The minimum atomic E-state index is -0.382. The second-order valence-electron chi connectivity index (χ2n) is 7.45. The molecule has 1 atom stereocenters. The Kier molecular flexibility index (Phi) is 5.65. The molecule has 2 heterocycles. The molecule has 8 heteroatoms. The summed E-state index contributed by atoms with van der Waals surface area (Å²) < 4.78 is 4.98. The number of imidazole rings is 1. The number of thioether (sulfide) groups is 1. The number of fused-ring (bicyclic) bond motifs is 2. The average Bonchev–Trinajstić information content (AvgIpc) is 3.25. The van der Waals surface area contributed by atoms with Gasteiger partial charge in [0.1, 0.15) is 5.00 Å². The average molecular weight is 430 g/mol. The highest BCUT2D eigenvalue weighted by Gasteiger charge is 2.28. The number of amides is 1. The smallest absolute Gasteiger partial charge is 0.341 e. The maximum atomic E-state index is 12.6. The maximum absolute atomic E-state index is 12.6. The normalized spacial score (nSPS) is 15.9. The van der Waals surface area contributed by atoms with Crippen molar-refractivity contribution in [3.8, 4) is 0 Å². The molecule has 0 saturated carbocycles. The molecule has 0 spiro atoms. The largest absolute Gasteiger partial charge is 0.465 e. The van der Waals surface area contributed by atoms with Crippen LogP contribution < -0.4 is 5.32 Å². The van der Waals surface area contributed by atoms with E-state index in [1.807, 2.05) is 25.1 Å². The van der Waals surface area contributed by atoms with Crippen LogP contribution >= 0.6 is 23.1 Å². The maximum Gasteiger partial charge on any atom is 0.341 e. The van der Waals surface area contributed by atoms with Crippen LogP contribution in [-0.4, -0.2) is 34.7 Å². The standard InChI is InChI=1S/C21H23N3O3S2/c1-11-5-7-14-15(8-11)23-21(22-14)28-10-17(25)24-19-18(20(26)27-3)13-6-4-12(2)9-16(13)29-19/h5,7-8,12H,4,6,9-10H2,1-3H3,(H,22,23)(H,24,25). The molecule has 2 aromatic heterocycles. The fourth-order valence-corrected chi connectivity index (χ4v) is 5.72. The molecule has 1 unspecified atom stereocenters. The Morgan fingerprint density at radius 2 is 2.24 bits per heavy atom. The summed E-state index contributed by atoms with van der Waals surface area (Å²) in [6.45, 7) is 4.24. The number of H-pyrrole nitrogens is 1. The van der Waals surface area contributed by atoms with Crippen LogP contribution in [0.5, 0.6) is 0 Å². The first-order valence-electron chi connectivity index (χ1n) is 9.56. The number of hydrogen-bond acceptors (Lipinski definition) is 6. The van der Waals surface area contributed by atoms with Gasteiger partial charge in [-0.1, -0.05) is 24.8 Å². The number of benzene rings is 1. The van der Waals surface area contributed by atoms with Crippen molar-refractivity contribution in [3.63, 3.8) is 0 Å². The number of aromatic amines is 1. The Morgan fingerprint density at radius 1 is 1.41 bits per heavy atom. The van der Waals surface area contributed by atoms with E-state index in [-0.39, 0.29) is 17.6 Å². The summed E-state index contributed by atoms with van der Waals surface area (Å²) in [6.07, 6.45) is 2.83. The van der Waals surface area contributed by atoms with E-state index in [4.69, 9.17) is 4.74 Å². The Morgan fingerprint density at radius 3 is 3.03 bits per heavy atom. The van der Waals surface area contributed by atoms with Gasteiger partial charge in [0.25, 0.3) is 0 Å². The minimum Gasteiger partial charge on any atom is -0.465 e. The van der Waals surface area contributed by atoms with E-state index in [2.05, 4.69) is 22.2 Å². The van der Waals surface area contributed by atoms with Crippen LogP contribution in [-0.2, 0) is 22.4 Å². The number of aryl methyl sites for hydroxylation is 1. The molecule has 1 aromatic carbocycles. The molecular weight excluding hydrogens is 406 g/mol. The van der Waals surface area contributed by atoms with Gasteiger partial charge in [-0.25, -0.2) is 9.78 Å². The van der Waals surface area contributed by atoms with Gasteiger partial charge in [0.05, 0.1) is 29.5 Å². The SMILES string of the molecule is COC(=O)c1c(NC(=O)CSc2nc3ccc(C)cc3[nH]2)sc2c1CCC(C)C2. The number of ether oxygens (including phenoxy) is 1. The summed E-state index contributed by atoms with van der Waals surface area (Å²) >= 11 is 2.84. The van der Waals surface area contributed by atoms with Crippen LogP contribution in [0, 0.1) is 12.8 Å². The molecule has 4 rings (SSSR count). The van der Waals surface area contributed by atoms with E-state index in [0.717, 1.165) is 41.4 Å². The van der Waals surface area contributed by atoms with Crippen molar-refractivity contribution >= 4 is 51.0 Å². The van der Waals surface area contributed by atoms with Crippen LogP contribution in [0.25, 0.3) is 11.0 Å². The van der Waals surface area contributed by atoms with Crippen molar-refractivity contribution in [1.82, 2.24) is 9.97 Å². The second-order valence-corrected chi connectivity index (χ2v) is 9.52. The summed E-state index contributed by atoms with van der Waals surface area (Å²) in [7, 11) is 1.38. The van der Waals surface area contributed by atoms with Crippen LogP contribution in [0.3, 0.4) is 0 Å². The highest BCUT2D eigenvalue weighted by Crippen LogP contribution is 2.40. The number of esters is 1. The molecule has 1 aliphatic rings. The second kappa shape index (κ2) is 8.20. The number of nitrogens with one attached hydrogen (secondary N) is 2. The van der Waals surface area contributed by atoms with Gasteiger partial charge in [-0.15, -0.1) is 11.3 Å². The van der Waals surface area contributed by atoms with Gasteiger partial charge in [0.15, 0.2) is 5.16 Å². The number of thiophene rings is 1. The molecule has 1 aliphatic carbocycles. The Balaban J connectivity index is 1.48. The van der Waals surface area contributed by atoms with Crippen molar-refractivity contribution in [3.05, 3.63) is 39.8 Å². The highest BCUT2D eigenvalue weighted by atomic mass is 32.2. The number of anilines is 1. The predicted octanol–water partition coefficient (Wildman–Crippen LogP) is 4.58. The van der Waals surface area contributed by atoms with Crippen molar-refractivity contribution in [2.45, 2.75) is 38.3 Å². The van der Waals surface area contributed by atoms with Gasteiger partial charge in [-0.05, 0) is 55.4 Å². The molecule has 0 bridgehead atoms. The minimum absolute atomic E-state index is 0.163. The molecule has 29 heavy (non-hydrogen) atoms. The molecule has 0 radical (unpaired) electrons. The third kappa shape index (κ3) is 4.18. The van der Waals surface area contributed by atoms with Crippen molar-refractivity contribution < 1.29 is 14.3 Å². The lowest BCUT2D eigenvalue weighted by Gasteiger charge is -2.18. The van der Waals surface area contributed by atoms with Crippen LogP contribution in [0.1, 0.15) is 39.7 Å². The number of methoxy groups -OCH3 is 1. The zero-order valence-corrected chi connectivity index (χ0v) is 18.3. The van der Waals surface area contributed by atoms with Crippen molar-refractivity contribution in [2.24, 2.45) is 5.92 Å². The zero-order valence-electron chi connectivity index (χ0n) is 16.6. The fourth-order valence-electron chi connectivity index (χ4n) is 3.62. The van der Waals surface area contributed by atoms with Crippen LogP contribution in [0.15, 0.2) is 23.4 Å². The number of hydrogen-bond donors (Lipinski definition) is 2. The Bertz CT molecular complexity index is 1090. The van der Waals surface area contributed by atoms with Gasteiger partial charge in [0.2, 0.25) is 5.91 Å². The van der Waals surface area contributed by atoms with Crippen molar-refractivity contribution in [1.29, 1.82) is 0 Å². The van der Waals surface area contributed by atoms with E-state index in [1.165, 1.54) is 35.1 Å². The molecular formula is C21H23N3O3S2. The molecule has 3 aromatic rings. The molecule has 1 amide bonds. The van der Waals surface area contributed by atoms with Crippen LogP contribution in [0.2, 0.25) is 0 Å². The number of rotatable bonds is 5. The Hall–Kier alpha value is -2.32. The molecule has 6 nitrogen and oxygen atoms in total. The van der Waals surface area contributed by atoms with Crippen LogP contribution in [0.4, 0.5) is 5.00 Å². The third-order valence-corrected chi connectivity index (χ3v) is 7.15. The Labute approximate surface area is 177 Å². The predicted molar refractivity (Wildman–Crippen MR) is 117 cm³/mol. The topological polar surface area (TPSA) is 84.1 Å². The zero-order chi connectivity index (χ0) is 20.5. The van der Waals surface area contributed by atoms with Gasteiger partial charge in [0, 0.05) is 4.88 Å². The van der Waals surface area contributed by atoms with E-state index >= 15 is 0 Å². The number of carbonyl (C=O) groups excluding carboxylic acids is 2. The van der Waals surface area contributed by atoms with Gasteiger partial charge < -0.3 is 15.0 Å².